The zero-order valence-corrected chi connectivity index (χ0v) is 10.9. The van der Waals surface area contributed by atoms with Crippen LogP contribution in [0.1, 0.15) is 0 Å². The Hall–Kier alpha value is -2.20. The first kappa shape index (κ1) is 11.9. The third-order valence-electron chi connectivity index (χ3n) is 2.58. The number of hydrogen-bond donors (Lipinski definition) is 0. The van der Waals surface area contributed by atoms with Crippen molar-refractivity contribution in [2.75, 3.05) is 0 Å². The summed E-state index contributed by atoms with van der Waals surface area (Å²) in [5.41, 5.74) is 2.02. The molecule has 3 nitrogen and oxygen atoms in total. The molecule has 0 bridgehead atoms. The van der Waals surface area contributed by atoms with E-state index in [0.717, 1.165) is 21.2 Å². The highest BCUT2D eigenvalue weighted by atomic mass is 32.2. The van der Waals surface area contributed by atoms with E-state index in [9.17, 15) is 0 Å². The van der Waals surface area contributed by atoms with Crippen molar-refractivity contribution in [2.24, 2.45) is 0 Å². The Morgan fingerprint density at radius 1 is 0.789 bits per heavy atom. The van der Waals surface area contributed by atoms with Gasteiger partial charge >= 0.3 is 0 Å². The summed E-state index contributed by atoms with van der Waals surface area (Å²) >= 11 is 1.60. The Labute approximate surface area is 115 Å². The molecule has 0 atom stereocenters. The van der Waals surface area contributed by atoms with E-state index < -0.39 is 0 Å². The zero-order valence-electron chi connectivity index (χ0n) is 10.1. The van der Waals surface area contributed by atoms with Crippen molar-refractivity contribution in [3.05, 3.63) is 67.3 Å². The summed E-state index contributed by atoms with van der Waals surface area (Å²) in [6, 6.07) is 13.7. The van der Waals surface area contributed by atoms with Crippen LogP contribution in [-0.4, -0.2) is 15.0 Å². The number of hydrogen-bond acceptors (Lipinski definition) is 4. The highest BCUT2D eigenvalue weighted by molar-refractivity contribution is 7.99. The van der Waals surface area contributed by atoms with E-state index in [1.54, 1.807) is 30.4 Å². The number of pyridine rings is 3. The molecule has 0 N–H and O–H groups in total. The lowest BCUT2D eigenvalue weighted by molar-refractivity contribution is 1.13. The maximum Gasteiger partial charge on any atom is 0.101 e. The molecule has 3 aromatic rings. The first-order valence-electron chi connectivity index (χ1n) is 5.88. The second-order valence-corrected chi connectivity index (χ2v) is 4.92. The van der Waals surface area contributed by atoms with Crippen molar-refractivity contribution in [2.45, 2.75) is 9.92 Å². The molecule has 0 aromatic carbocycles. The van der Waals surface area contributed by atoms with Crippen molar-refractivity contribution in [3.63, 3.8) is 0 Å². The molecular formula is C15H11N3S. The summed E-state index contributed by atoms with van der Waals surface area (Å²) in [5.74, 6) is 0. The predicted molar refractivity (Wildman–Crippen MR) is 75.8 cm³/mol. The Morgan fingerprint density at radius 2 is 1.63 bits per heavy atom. The van der Waals surface area contributed by atoms with E-state index in [4.69, 9.17) is 0 Å². The van der Waals surface area contributed by atoms with Gasteiger partial charge in [0.15, 0.2) is 0 Å². The fourth-order valence-corrected chi connectivity index (χ4v) is 2.60. The van der Waals surface area contributed by atoms with E-state index in [-0.39, 0.29) is 0 Å². The highest BCUT2D eigenvalue weighted by Gasteiger charge is 2.07. The summed E-state index contributed by atoms with van der Waals surface area (Å²) in [6.45, 7) is 0. The quantitative estimate of drug-likeness (QED) is 0.724. The van der Waals surface area contributed by atoms with Crippen LogP contribution in [0.5, 0.6) is 0 Å². The van der Waals surface area contributed by atoms with Gasteiger partial charge in [-0.3, -0.25) is 9.97 Å². The van der Waals surface area contributed by atoms with Gasteiger partial charge in [0.2, 0.25) is 0 Å². The fourth-order valence-electron chi connectivity index (χ4n) is 1.72. The van der Waals surface area contributed by atoms with Crippen LogP contribution in [0.25, 0.3) is 11.3 Å². The van der Waals surface area contributed by atoms with Gasteiger partial charge in [0.05, 0.1) is 5.69 Å². The molecule has 0 spiro atoms. The number of nitrogens with zero attached hydrogens (tertiary/aromatic N) is 3. The van der Waals surface area contributed by atoms with Crippen LogP contribution in [0.4, 0.5) is 0 Å². The molecule has 3 rings (SSSR count). The molecule has 92 valence electrons. The monoisotopic (exact) mass is 265 g/mol. The molecule has 4 heteroatoms. The topological polar surface area (TPSA) is 38.7 Å². The molecule has 0 aliphatic heterocycles. The summed E-state index contributed by atoms with van der Waals surface area (Å²) < 4.78 is 0. The van der Waals surface area contributed by atoms with E-state index >= 15 is 0 Å². The van der Waals surface area contributed by atoms with Gasteiger partial charge in [-0.25, -0.2) is 4.98 Å². The minimum atomic E-state index is 0.948. The average molecular weight is 265 g/mol. The van der Waals surface area contributed by atoms with Gasteiger partial charge < -0.3 is 0 Å². The minimum absolute atomic E-state index is 0.948. The average Bonchev–Trinajstić information content (AvgIpc) is 2.50. The fraction of sp³-hybridized carbons (Fsp3) is 0. The lowest BCUT2D eigenvalue weighted by atomic mass is 10.2. The van der Waals surface area contributed by atoms with Crippen LogP contribution >= 0.6 is 11.8 Å². The van der Waals surface area contributed by atoms with E-state index in [1.165, 1.54) is 0 Å². The molecule has 0 saturated heterocycles. The number of aromatic nitrogens is 3. The second kappa shape index (κ2) is 5.63. The van der Waals surface area contributed by atoms with Gasteiger partial charge in [0, 0.05) is 35.2 Å². The maximum absolute atomic E-state index is 4.39. The molecule has 0 unspecified atom stereocenters. The largest absolute Gasteiger partial charge is 0.264 e. The Morgan fingerprint density at radius 3 is 2.37 bits per heavy atom. The van der Waals surface area contributed by atoms with Gasteiger partial charge in [-0.2, -0.15) is 0 Å². The minimum Gasteiger partial charge on any atom is -0.264 e. The molecule has 0 aliphatic rings. The van der Waals surface area contributed by atoms with Crippen molar-refractivity contribution in [3.8, 4) is 11.3 Å². The molecule has 0 fully saturated rings. The molecule has 0 amide bonds. The highest BCUT2D eigenvalue weighted by Crippen LogP contribution is 2.33. The van der Waals surface area contributed by atoms with Gasteiger partial charge in [-0.15, -0.1) is 0 Å². The molecule has 0 saturated carbocycles. The Bertz CT molecular complexity index is 657. The van der Waals surface area contributed by atoms with Crippen molar-refractivity contribution >= 4 is 11.8 Å². The van der Waals surface area contributed by atoms with E-state index in [2.05, 4.69) is 15.0 Å². The zero-order chi connectivity index (χ0) is 12.9. The third-order valence-corrected chi connectivity index (χ3v) is 3.57. The molecule has 19 heavy (non-hydrogen) atoms. The molecule has 0 radical (unpaired) electrons. The SMILES string of the molecule is c1ccc(Sc2cnccc2-c2ccccn2)nc1. The van der Waals surface area contributed by atoms with Gasteiger partial charge in [-0.05, 0) is 30.3 Å². The standard InChI is InChI=1S/C15H11N3S/c1-3-8-17-13(5-1)12-7-10-16-11-14(12)19-15-6-2-4-9-18-15/h1-11H. The van der Waals surface area contributed by atoms with Crippen molar-refractivity contribution in [1.82, 2.24) is 15.0 Å². The van der Waals surface area contributed by atoms with Gasteiger partial charge in [0.25, 0.3) is 0 Å². The smallest absolute Gasteiger partial charge is 0.101 e. The van der Waals surface area contributed by atoms with Crippen LogP contribution in [0.3, 0.4) is 0 Å². The number of rotatable bonds is 3. The van der Waals surface area contributed by atoms with Gasteiger partial charge in [-0.1, -0.05) is 23.9 Å². The molecule has 3 aromatic heterocycles. The summed E-state index contributed by atoms with van der Waals surface area (Å²) in [7, 11) is 0. The molecular weight excluding hydrogens is 254 g/mol. The maximum atomic E-state index is 4.39. The normalized spacial score (nSPS) is 10.3. The molecule has 0 aliphatic carbocycles. The van der Waals surface area contributed by atoms with E-state index in [0.29, 0.717) is 0 Å². The van der Waals surface area contributed by atoms with Crippen molar-refractivity contribution in [1.29, 1.82) is 0 Å². The van der Waals surface area contributed by atoms with Crippen LogP contribution in [0.15, 0.2) is 77.2 Å². The lowest BCUT2D eigenvalue weighted by Gasteiger charge is -2.07. The van der Waals surface area contributed by atoms with E-state index in [1.807, 2.05) is 48.7 Å². The summed E-state index contributed by atoms with van der Waals surface area (Å²) in [4.78, 5) is 14.0. The first-order chi connectivity index (χ1) is 9.43. The second-order valence-electron chi connectivity index (χ2n) is 3.86. The summed E-state index contributed by atoms with van der Waals surface area (Å²) in [6.07, 6.45) is 7.22. The van der Waals surface area contributed by atoms with Crippen molar-refractivity contribution < 1.29 is 0 Å². The lowest BCUT2D eigenvalue weighted by Crippen LogP contribution is -1.87. The van der Waals surface area contributed by atoms with Crippen LogP contribution in [0, 0.1) is 0 Å². The van der Waals surface area contributed by atoms with Crippen LogP contribution in [-0.2, 0) is 0 Å². The third kappa shape index (κ3) is 2.80. The summed E-state index contributed by atoms with van der Waals surface area (Å²) in [5, 5.41) is 0.952. The Balaban J connectivity index is 1.99. The van der Waals surface area contributed by atoms with Gasteiger partial charge in [0.1, 0.15) is 5.03 Å². The predicted octanol–water partition coefficient (Wildman–Crippen LogP) is 3.69. The molecule has 3 heterocycles. The van der Waals surface area contributed by atoms with Crippen LogP contribution < -0.4 is 0 Å². The van der Waals surface area contributed by atoms with Crippen LogP contribution in [0.2, 0.25) is 0 Å². The Kier molecular flexibility index (Phi) is 3.51. The first-order valence-corrected chi connectivity index (χ1v) is 6.69.